The first-order valence-electron chi connectivity index (χ1n) is 9.44. The topological polar surface area (TPSA) is 114 Å². The van der Waals surface area contributed by atoms with E-state index in [1.807, 2.05) is 18.2 Å². The Kier molecular flexibility index (Phi) is 7.80. The Labute approximate surface area is 188 Å². The number of carboxylic acids is 1. The fraction of sp³-hybridized carbons (Fsp3) is 0.0870. The second-order valence-corrected chi connectivity index (χ2v) is 6.93. The number of hydrogen-bond donors (Lipinski definition) is 3. The van der Waals surface area contributed by atoms with Crippen LogP contribution in [0.3, 0.4) is 0 Å². The van der Waals surface area contributed by atoms with Crippen molar-refractivity contribution in [2.24, 2.45) is 0 Å². The summed E-state index contributed by atoms with van der Waals surface area (Å²) < 4.78 is 10.9. The van der Waals surface area contributed by atoms with Gasteiger partial charge < -0.3 is 25.2 Å². The zero-order valence-electron chi connectivity index (χ0n) is 16.7. The number of anilines is 2. The molecule has 0 saturated heterocycles. The van der Waals surface area contributed by atoms with Crippen LogP contribution in [0.2, 0.25) is 5.02 Å². The van der Waals surface area contributed by atoms with E-state index in [1.54, 1.807) is 36.4 Å². The molecular weight excluding hydrogens is 436 g/mol. The van der Waals surface area contributed by atoms with E-state index in [9.17, 15) is 19.5 Å². The van der Waals surface area contributed by atoms with E-state index in [2.05, 4.69) is 10.6 Å². The maximum absolute atomic E-state index is 12.2. The molecule has 0 unspecified atom stereocenters. The summed E-state index contributed by atoms with van der Waals surface area (Å²) >= 11 is 5.78. The molecule has 164 valence electrons. The average Bonchev–Trinajstić information content (AvgIpc) is 2.77. The lowest BCUT2D eigenvalue weighted by atomic mass is 10.2. The molecule has 3 N–H and O–H groups in total. The Morgan fingerprint density at radius 2 is 1.44 bits per heavy atom. The van der Waals surface area contributed by atoms with Gasteiger partial charge in [0.1, 0.15) is 19.0 Å². The van der Waals surface area contributed by atoms with Crippen LogP contribution in [-0.2, 0) is 14.3 Å². The molecule has 0 atom stereocenters. The molecule has 32 heavy (non-hydrogen) atoms. The quantitative estimate of drug-likeness (QED) is 0.441. The summed E-state index contributed by atoms with van der Waals surface area (Å²) in [5.74, 6) is -1.27. The maximum Gasteiger partial charge on any atom is 0.337 e. The number of carbonyl (C=O) groups excluding carboxylic acids is 2. The lowest BCUT2D eigenvalue weighted by Gasteiger charge is -2.12. The van der Waals surface area contributed by atoms with Crippen molar-refractivity contribution >= 4 is 40.8 Å². The summed E-state index contributed by atoms with van der Waals surface area (Å²) in [6.07, 6.45) is 0. The predicted molar refractivity (Wildman–Crippen MR) is 119 cm³/mol. The smallest absolute Gasteiger partial charge is 0.337 e. The van der Waals surface area contributed by atoms with Gasteiger partial charge in [-0.05, 0) is 42.5 Å². The number of aromatic carboxylic acids is 1. The SMILES string of the molecule is O=C(COCC(=O)Nc1ccc(Cl)cc1C(=O)O)Nc1ccccc1Oc1ccccc1. The van der Waals surface area contributed by atoms with E-state index in [1.165, 1.54) is 18.2 Å². The average molecular weight is 455 g/mol. The van der Waals surface area contributed by atoms with Crippen LogP contribution in [0.5, 0.6) is 11.5 Å². The van der Waals surface area contributed by atoms with Crippen molar-refractivity contribution in [1.29, 1.82) is 0 Å². The Morgan fingerprint density at radius 1 is 0.812 bits per heavy atom. The number of benzene rings is 3. The van der Waals surface area contributed by atoms with Gasteiger partial charge in [-0.15, -0.1) is 0 Å². The Hall–Kier alpha value is -3.88. The van der Waals surface area contributed by atoms with Crippen LogP contribution in [0.1, 0.15) is 10.4 Å². The third-order valence-electron chi connectivity index (χ3n) is 4.08. The molecule has 0 bridgehead atoms. The highest BCUT2D eigenvalue weighted by molar-refractivity contribution is 6.31. The van der Waals surface area contributed by atoms with Gasteiger partial charge in [-0.25, -0.2) is 4.79 Å². The van der Waals surface area contributed by atoms with Crippen LogP contribution in [0.4, 0.5) is 11.4 Å². The number of halogens is 1. The molecule has 0 fully saturated rings. The number of rotatable bonds is 9. The number of carbonyl (C=O) groups is 3. The van der Waals surface area contributed by atoms with Crippen LogP contribution in [0.25, 0.3) is 0 Å². The minimum atomic E-state index is -1.24. The minimum absolute atomic E-state index is 0.0759. The molecule has 9 heteroatoms. The highest BCUT2D eigenvalue weighted by atomic mass is 35.5. The number of ether oxygens (including phenoxy) is 2. The number of carboxylic acid groups (broad SMARTS) is 1. The molecule has 0 aliphatic carbocycles. The molecule has 0 radical (unpaired) electrons. The second-order valence-electron chi connectivity index (χ2n) is 6.50. The molecule has 3 aromatic rings. The highest BCUT2D eigenvalue weighted by Crippen LogP contribution is 2.29. The summed E-state index contributed by atoms with van der Waals surface area (Å²) in [6, 6.07) is 20.1. The highest BCUT2D eigenvalue weighted by Gasteiger charge is 2.14. The maximum atomic E-state index is 12.2. The first-order chi connectivity index (χ1) is 15.4. The number of nitrogens with one attached hydrogen (secondary N) is 2. The summed E-state index contributed by atoms with van der Waals surface area (Å²) in [5.41, 5.74) is 0.368. The third kappa shape index (κ3) is 6.56. The largest absolute Gasteiger partial charge is 0.478 e. The van der Waals surface area contributed by atoms with Crippen molar-refractivity contribution in [2.75, 3.05) is 23.8 Å². The molecule has 0 aliphatic heterocycles. The van der Waals surface area contributed by atoms with E-state index in [0.29, 0.717) is 17.2 Å². The second kappa shape index (κ2) is 10.9. The van der Waals surface area contributed by atoms with Crippen LogP contribution in [0, 0.1) is 0 Å². The first kappa shape index (κ1) is 22.8. The Balaban J connectivity index is 1.51. The van der Waals surface area contributed by atoms with E-state index in [0.717, 1.165) is 0 Å². The summed E-state index contributed by atoms with van der Waals surface area (Å²) in [4.78, 5) is 35.5. The van der Waals surface area contributed by atoms with Gasteiger partial charge in [-0.1, -0.05) is 41.9 Å². The van der Waals surface area contributed by atoms with E-state index < -0.39 is 24.4 Å². The molecule has 8 nitrogen and oxygen atoms in total. The first-order valence-corrected chi connectivity index (χ1v) is 9.82. The van der Waals surface area contributed by atoms with Crippen LogP contribution in [0.15, 0.2) is 72.8 Å². The Bertz CT molecular complexity index is 1120. The molecule has 0 saturated carbocycles. The van der Waals surface area contributed by atoms with Crippen molar-refractivity contribution in [2.45, 2.75) is 0 Å². The number of para-hydroxylation sites is 3. The number of hydrogen-bond acceptors (Lipinski definition) is 5. The van der Waals surface area contributed by atoms with E-state index >= 15 is 0 Å². The molecule has 3 aromatic carbocycles. The van der Waals surface area contributed by atoms with Crippen molar-refractivity contribution in [3.8, 4) is 11.5 Å². The van der Waals surface area contributed by atoms with Gasteiger partial charge in [-0.3, -0.25) is 9.59 Å². The molecule has 0 heterocycles. The van der Waals surface area contributed by atoms with Gasteiger partial charge in [0.15, 0.2) is 5.75 Å². The summed E-state index contributed by atoms with van der Waals surface area (Å²) in [5, 5.41) is 14.5. The van der Waals surface area contributed by atoms with Crippen LogP contribution in [-0.4, -0.2) is 36.1 Å². The lowest BCUT2D eigenvalue weighted by Crippen LogP contribution is -2.24. The van der Waals surface area contributed by atoms with Gasteiger partial charge >= 0.3 is 5.97 Å². The zero-order chi connectivity index (χ0) is 22.9. The van der Waals surface area contributed by atoms with Crippen LogP contribution < -0.4 is 15.4 Å². The molecular formula is C23H19ClN2O6. The fourth-order valence-electron chi connectivity index (χ4n) is 2.69. The zero-order valence-corrected chi connectivity index (χ0v) is 17.5. The molecule has 0 aromatic heterocycles. The van der Waals surface area contributed by atoms with Gasteiger partial charge in [-0.2, -0.15) is 0 Å². The van der Waals surface area contributed by atoms with Gasteiger partial charge in [0, 0.05) is 5.02 Å². The van der Waals surface area contributed by atoms with Gasteiger partial charge in [0.05, 0.1) is 16.9 Å². The molecule has 0 aliphatic rings. The van der Waals surface area contributed by atoms with Crippen molar-refractivity contribution in [3.63, 3.8) is 0 Å². The Morgan fingerprint density at radius 3 is 2.12 bits per heavy atom. The van der Waals surface area contributed by atoms with Crippen molar-refractivity contribution in [1.82, 2.24) is 0 Å². The minimum Gasteiger partial charge on any atom is -0.478 e. The van der Waals surface area contributed by atoms with Gasteiger partial charge in [0.2, 0.25) is 11.8 Å². The molecule has 2 amide bonds. The van der Waals surface area contributed by atoms with Crippen LogP contribution >= 0.6 is 11.6 Å². The molecule has 3 rings (SSSR count). The lowest BCUT2D eigenvalue weighted by molar-refractivity contribution is -0.125. The summed E-state index contributed by atoms with van der Waals surface area (Å²) in [7, 11) is 0. The van der Waals surface area contributed by atoms with Crippen molar-refractivity contribution in [3.05, 3.63) is 83.4 Å². The summed E-state index contributed by atoms with van der Waals surface area (Å²) in [6.45, 7) is -0.837. The molecule has 0 spiro atoms. The van der Waals surface area contributed by atoms with E-state index in [-0.39, 0.29) is 22.9 Å². The standard InChI is InChI=1S/C23H19ClN2O6/c24-15-10-11-18(17(12-15)23(29)30)25-21(27)13-31-14-22(28)26-19-8-4-5-9-20(19)32-16-6-2-1-3-7-16/h1-12H,13-14H2,(H,25,27)(H,26,28)(H,29,30). The van der Waals surface area contributed by atoms with Gasteiger partial charge in [0.25, 0.3) is 0 Å². The number of amides is 2. The predicted octanol–water partition coefficient (Wildman–Crippen LogP) is 4.42. The fourth-order valence-corrected chi connectivity index (χ4v) is 2.86. The van der Waals surface area contributed by atoms with E-state index in [4.69, 9.17) is 21.1 Å². The third-order valence-corrected chi connectivity index (χ3v) is 4.32. The van der Waals surface area contributed by atoms with Crippen molar-refractivity contribution < 1.29 is 29.0 Å². The normalized spacial score (nSPS) is 10.3. The monoisotopic (exact) mass is 454 g/mol.